The molecule has 0 spiro atoms. The van der Waals surface area contributed by atoms with Crippen molar-refractivity contribution in [2.75, 3.05) is 18.7 Å². The predicted octanol–water partition coefficient (Wildman–Crippen LogP) is 2.42. The van der Waals surface area contributed by atoms with Crippen LogP contribution in [-0.4, -0.2) is 35.8 Å². The maximum absolute atomic E-state index is 13.4. The lowest BCUT2D eigenvalue weighted by atomic mass is 10.1. The van der Waals surface area contributed by atoms with Crippen LogP contribution in [0.2, 0.25) is 0 Å². The maximum Gasteiger partial charge on any atom is 0.433 e. The number of hydrogen-bond donors (Lipinski definition) is 1. The molecule has 0 saturated heterocycles. The topological polar surface area (TPSA) is 67.3 Å². The first-order valence-corrected chi connectivity index (χ1v) is 7.09. The lowest BCUT2D eigenvalue weighted by Crippen LogP contribution is -2.44. The first-order valence-electron chi connectivity index (χ1n) is 7.09. The number of hydrazine groups is 1. The summed E-state index contributed by atoms with van der Waals surface area (Å²) in [4.78, 5) is 20.7. The molecule has 9 heteroatoms. The third-order valence-electron chi connectivity index (χ3n) is 3.40. The molecule has 0 saturated carbocycles. The van der Waals surface area contributed by atoms with Crippen LogP contribution in [0, 0.1) is 0 Å². The molecule has 1 aliphatic heterocycles. The molecule has 2 aromatic rings. The van der Waals surface area contributed by atoms with Crippen LogP contribution >= 0.6 is 0 Å². The van der Waals surface area contributed by atoms with E-state index in [1.54, 1.807) is 24.3 Å². The van der Waals surface area contributed by atoms with Gasteiger partial charge in [-0.2, -0.15) is 13.2 Å². The van der Waals surface area contributed by atoms with Gasteiger partial charge in [0.05, 0.1) is 17.6 Å². The summed E-state index contributed by atoms with van der Waals surface area (Å²) in [7, 11) is 1.37. The minimum absolute atomic E-state index is 0.0559. The number of hydrogen-bond acceptors (Lipinski definition) is 6. The number of nitrogens with zero attached hydrogens (tertiary/aromatic N) is 3. The average Bonchev–Trinajstić information content (AvgIpc) is 2.52. The minimum Gasteiger partial charge on any atom is -0.462 e. The van der Waals surface area contributed by atoms with Crippen molar-refractivity contribution >= 4 is 28.4 Å². The normalized spacial score (nSPS) is 14.5. The number of allylic oxidation sites excluding steroid dienone is 1. The number of fused-ring (bicyclic) bond motifs is 2. The number of rotatable bonds is 2. The first-order chi connectivity index (χ1) is 11.3. The summed E-state index contributed by atoms with van der Waals surface area (Å²) < 4.78 is 44.9. The molecule has 24 heavy (non-hydrogen) atoms. The monoisotopic (exact) mass is 338 g/mol. The molecule has 0 amide bonds. The first kappa shape index (κ1) is 16.0. The average molecular weight is 338 g/mol. The number of carbonyl (C=O) groups excluding carboxylic acids is 1. The van der Waals surface area contributed by atoms with Gasteiger partial charge in [0.15, 0.2) is 11.5 Å². The van der Waals surface area contributed by atoms with Crippen molar-refractivity contribution in [1.29, 1.82) is 0 Å². The highest BCUT2D eigenvalue weighted by Crippen LogP contribution is 2.38. The third-order valence-corrected chi connectivity index (χ3v) is 3.40. The molecule has 0 bridgehead atoms. The van der Waals surface area contributed by atoms with E-state index in [0.717, 1.165) is 5.01 Å². The van der Waals surface area contributed by atoms with Gasteiger partial charge in [-0.15, -0.1) is 0 Å². The fourth-order valence-electron chi connectivity index (χ4n) is 2.39. The molecule has 6 nitrogen and oxygen atoms in total. The Balaban J connectivity index is 2.31. The summed E-state index contributed by atoms with van der Waals surface area (Å²) in [6.07, 6.45) is -4.78. The molecule has 3 rings (SSSR count). The van der Waals surface area contributed by atoms with E-state index < -0.39 is 23.4 Å². The fraction of sp³-hybridized carbons (Fsp3) is 0.267. The highest BCUT2D eigenvalue weighted by molar-refractivity contribution is 6.19. The maximum atomic E-state index is 13.4. The second kappa shape index (κ2) is 5.66. The Bertz CT molecular complexity index is 848. The van der Waals surface area contributed by atoms with Crippen LogP contribution in [0.25, 0.3) is 16.6 Å². The van der Waals surface area contributed by atoms with Crippen molar-refractivity contribution in [2.45, 2.75) is 13.1 Å². The van der Waals surface area contributed by atoms with Gasteiger partial charge >= 0.3 is 12.1 Å². The molecule has 0 radical (unpaired) electrons. The number of benzene rings is 1. The molecular formula is C15H13F3N4O2. The molecule has 2 heterocycles. The van der Waals surface area contributed by atoms with Crippen molar-refractivity contribution in [3.05, 3.63) is 35.7 Å². The number of para-hydroxylation sites is 2. The van der Waals surface area contributed by atoms with E-state index in [1.165, 1.54) is 14.0 Å². The Labute approximate surface area is 134 Å². The molecule has 1 aliphatic rings. The van der Waals surface area contributed by atoms with Crippen LogP contribution in [0.1, 0.15) is 12.6 Å². The molecule has 0 unspecified atom stereocenters. The molecule has 1 aromatic heterocycles. The third kappa shape index (κ3) is 2.61. The van der Waals surface area contributed by atoms with Gasteiger partial charge in [-0.25, -0.2) is 14.8 Å². The largest absolute Gasteiger partial charge is 0.462 e. The van der Waals surface area contributed by atoms with E-state index in [4.69, 9.17) is 4.74 Å². The van der Waals surface area contributed by atoms with E-state index in [9.17, 15) is 18.0 Å². The van der Waals surface area contributed by atoms with Crippen LogP contribution in [0.4, 0.5) is 19.0 Å². The summed E-state index contributed by atoms with van der Waals surface area (Å²) in [6, 6.07) is 6.72. The van der Waals surface area contributed by atoms with Crippen molar-refractivity contribution in [1.82, 2.24) is 15.4 Å². The fourth-order valence-corrected chi connectivity index (χ4v) is 2.39. The van der Waals surface area contributed by atoms with Crippen molar-refractivity contribution < 1.29 is 22.7 Å². The van der Waals surface area contributed by atoms with Gasteiger partial charge in [0.1, 0.15) is 11.3 Å². The highest BCUT2D eigenvalue weighted by Gasteiger charge is 2.44. The summed E-state index contributed by atoms with van der Waals surface area (Å²) in [5, 5.41) is 1.08. The van der Waals surface area contributed by atoms with E-state index in [0.29, 0.717) is 11.0 Å². The number of nitrogens with one attached hydrogen (secondary N) is 1. The van der Waals surface area contributed by atoms with Crippen molar-refractivity contribution in [2.24, 2.45) is 0 Å². The van der Waals surface area contributed by atoms with Gasteiger partial charge in [-0.1, -0.05) is 12.1 Å². The molecule has 0 atom stereocenters. The Morgan fingerprint density at radius 3 is 2.46 bits per heavy atom. The zero-order valence-electron chi connectivity index (χ0n) is 12.8. The van der Waals surface area contributed by atoms with E-state index in [-0.39, 0.29) is 18.1 Å². The number of aromatic nitrogens is 2. The predicted molar refractivity (Wildman–Crippen MR) is 80.7 cm³/mol. The lowest BCUT2D eigenvalue weighted by molar-refractivity contribution is -0.137. The standard InChI is InChI=1S/C15H13F3N4O2/c1-3-24-14(23)10-11-13(22(2)21-12(10)15(16,17)18)20-9-7-5-4-6-8(9)19-11/h4-7,21H,3H2,1-2H3. The Morgan fingerprint density at radius 2 is 1.88 bits per heavy atom. The number of alkyl halides is 3. The van der Waals surface area contributed by atoms with Crippen LogP contribution in [-0.2, 0) is 9.53 Å². The summed E-state index contributed by atoms with van der Waals surface area (Å²) in [5.74, 6) is -0.985. The number of esters is 1. The Hall–Kier alpha value is -2.84. The van der Waals surface area contributed by atoms with Crippen LogP contribution in [0.5, 0.6) is 0 Å². The summed E-state index contributed by atoms with van der Waals surface area (Å²) in [6.45, 7) is 1.46. The number of halogens is 3. The van der Waals surface area contributed by atoms with Crippen LogP contribution in [0.15, 0.2) is 30.0 Å². The molecule has 0 aliphatic carbocycles. The lowest BCUT2D eigenvalue weighted by Gasteiger charge is -2.31. The smallest absolute Gasteiger partial charge is 0.433 e. The molecule has 1 aromatic carbocycles. The van der Waals surface area contributed by atoms with E-state index in [2.05, 4.69) is 15.4 Å². The molecule has 126 valence electrons. The van der Waals surface area contributed by atoms with Gasteiger partial charge < -0.3 is 4.74 Å². The number of ether oxygens (including phenoxy) is 1. The highest BCUT2D eigenvalue weighted by atomic mass is 19.4. The SMILES string of the molecule is CCOC(=O)C1=C(C(F)(F)F)NN(C)c2nc3ccccc3nc21. The van der Waals surface area contributed by atoms with Gasteiger partial charge in [-0.05, 0) is 19.1 Å². The number of carbonyl (C=O) groups is 1. The van der Waals surface area contributed by atoms with Gasteiger partial charge in [0.25, 0.3) is 0 Å². The Morgan fingerprint density at radius 1 is 1.25 bits per heavy atom. The van der Waals surface area contributed by atoms with Gasteiger partial charge in [-0.3, -0.25) is 10.4 Å². The Kier molecular flexibility index (Phi) is 3.78. The second-order valence-corrected chi connectivity index (χ2v) is 5.02. The summed E-state index contributed by atoms with van der Waals surface area (Å²) >= 11 is 0. The van der Waals surface area contributed by atoms with Gasteiger partial charge in [0.2, 0.25) is 0 Å². The van der Waals surface area contributed by atoms with Crippen LogP contribution < -0.4 is 10.4 Å². The zero-order valence-corrected chi connectivity index (χ0v) is 12.8. The second-order valence-electron chi connectivity index (χ2n) is 5.02. The van der Waals surface area contributed by atoms with Crippen LogP contribution in [0.3, 0.4) is 0 Å². The van der Waals surface area contributed by atoms with Crippen molar-refractivity contribution in [3.8, 4) is 0 Å². The molecular weight excluding hydrogens is 325 g/mol. The minimum atomic E-state index is -4.78. The molecule has 1 N–H and O–H groups in total. The number of anilines is 1. The van der Waals surface area contributed by atoms with E-state index >= 15 is 0 Å². The van der Waals surface area contributed by atoms with E-state index in [1.807, 2.05) is 0 Å². The van der Waals surface area contributed by atoms with Gasteiger partial charge in [0, 0.05) is 7.05 Å². The summed E-state index contributed by atoms with van der Waals surface area (Å²) in [5.41, 5.74) is 0.980. The molecule has 0 fully saturated rings. The quantitative estimate of drug-likeness (QED) is 0.849. The zero-order chi connectivity index (χ0) is 17.5. The van der Waals surface area contributed by atoms with Crippen molar-refractivity contribution in [3.63, 3.8) is 0 Å².